The quantitative estimate of drug-likeness (QED) is 0.806. The number of hydrogen-bond acceptors (Lipinski definition) is 5. The Balaban J connectivity index is 1.73. The summed E-state index contributed by atoms with van der Waals surface area (Å²) in [6.07, 6.45) is 1.20. The van der Waals surface area contributed by atoms with Gasteiger partial charge in [-0.1, -0.05) is 12.1 Å². The molecule has 0 spiro atoms. The molecule has 1 fully saturated rings. The first-order valence-corrected chi connectivity index (χ1v) is 7.89. The molecular formula is C19H19NO4. The Labute approximate surface area is 140 Å². The zero-order valence-corrected chi connectivity index (χ0v) is 13.5. The van der Waals surface area contributed by atoms with Gasteiger partial charge in [-0.2, -0.15) is 0 Å². The number of nitrogens with zero attached hydrogens (tertiary/aromatic N) is 1. The fourth-order valence-corrected chi connectivity index (χ4v) is 2.70. The van der Waals surface area contributed by atoms with Gasteiger partial charge in [-0.3, -0.25) is 4.79 Å². The van der Waals surface area contributed by atoms with Crippen molar-refractivity contribution in [3.63, 3.8) is 0 Å². The Morgan fingerprint density at radius 1 is 1.00 bits per heavy atom. The summed E-state index contributed by atoms with van der Waals surface area (Å²) in [5, 5.41) is 0. The fraction of sp³-hybridized carbons (Fsp3) is 0.263. The second kappa shape index (κ2) is 7.17. The summed E-state index contributed by atoms with van der Waals surface area (Å²) in [5.41, 5.74) is 1.45. The lowest BCUT2D eigenvalue weighted by atomic mass is 10.1. The third-order valence-corrected chi connectivity index (χ3v) is 4.04. The van der Waals surface area contributed by atoms with Crippen LogP contribution in [0.25, 0.3) is 0 Å². The standard InChI is InChI=1S/C19H19NO4/c1-23-19(22)17-4-2-3-5-18(17)24-16-8-6-14(7-9-16)20-12-10-15(21)11-13-20/h2-9H,10-13H2,1H3. The van der Waals surface area contributed by atoms with Crippen LogP contribution in [-0.4, -0.2) is 32.0 Å². The highest BCUT2D eigenvalue weighted by Crippen LogP contribution is 2.28. The van der Waals surface area contributed by atoms with Crippen molar-refractivity contribution < 1.29 is 19.1 Å². The lowest BCUT2D eigenvalue weighted by Gasteiger charge is -2.28. The molecule has 3 rings (SSSR count). The van der Waals surface area contributed by atoms with E-state index in [1.54, 1.807) is 24.3 Å². The van der Waals surface area contributed by atoms with Crippen molar-refractivity contribution in [2.24, 2.45) is 0 Å². The number of carbonyl (C=O) groups is 2. The van der Waals surface area contributed by atoms with Crippen molar-refractivity contribution >= 4 is 17.4 Å². The summed E-state index contributed by atoms with van der Waals surface area (Å²) < 4.78 is 10.6. The smallest absolute Gasteiger partial charge is 0.341 e. The van der Waals surface area contributed by atoms with Gasteiger partial charge >= 0.3 is 5.97 Å². The fourth-order valence-electron chi connectivity index (χ4n) is 2.70. The zero-order valence-electron chi connectivity index (χ0n) is 13.5. The highest BCUT2D eigenvalue weighted by molar-refractivity contribution is 5.92. The van der Waals surface area contributed by atoms with Crippen LogP contribution in [-0.2, 0) is 9.53 Å². The molecule has 2 aromatic carbocycles. The SMILES string of the molecule is COC(=O)c1ccccc1Oc1ccc(N2CCC(=O)CC2)cc1. The van der Waals surface area contributed by atoms with Crippen molar-refractivity contribution in [1.82, 2.24) is 0 Å². The summed E-state index contributed by atoms with van der Waals surface area (Å²) in [7, 11) is 1.34. The van der Waals surface area contributed by atoms with Gasteiger partial charge in [-0.25, -0.2) is 4.79 Å². The number of benzene rings is 2. The van der Waals surface area contributed by atoms with Crippen LogP contribution in [0.2, 0.25) is 0 Å². The molecule has 0 N–H and O–H groups in total. The average Bonchev–Trinajstić information content (AvgIpc) is 2.63. The van der Waals surface area contributed by atoms with Gasteiger partial charge in [0.1, 0.15) is 22.8 Å². The number of ketones is 1. The summed E-state index contributed by atoms with van der Waals surface area (Å²) in [4.78, 5) is 25.3. The molecule has 1 aliphatic heterocycles. The highest BCUT2D eigenvalue weighted by Gasteiger charge is 2.17. The van der Waals surface area contributed by atoms with Crippen LogP contribution in [0.5, 0.6) is 11.5 Å². The van der Waals surface area contributed by atoms with E-state index in [2.05, 4.69) is 4.90 Å². The van der Waals surface area contributed by atoms with Gasteiger partial charge in [0, 0.05) is 31.6 Å². The van der Waals surface area contributed by atoms with Crippen LogP contribution in [0.4, 0.5) is 5.69 Å². The summed E-state index contributed by atoms with van der Waals surface area (Å²) in [6, 6.07) is 14.6. The van der Waals surface area contributed by atoms with E-state index in [0.717, 1.165) is 18.8 Å². The minimum Gasteiger partial charge on any atom is -0.465 e. The van der Waals surface area contributed by atoms with Gasteiger partial charge in [-0.05, 0) is 36.4 Å². The van der Waals surface area contributed by atoms with Gasteiger partial charge in [0.25, 0.3) is 0 Å². The lowest BCUT2D eigenvalue weighted by molar-refractivity contribution is -0.119. The average molecular weight is 325 g/mol. The number of para-hydroxylation sites is 1. The van der Waals surface area contributed by atoms with E-state index >= 15 is 0 Å². The van der Waals surface area contributed by atoms with Crippen molar-refractivity contribution in [2.75, 3.05) is 25.1 Å². The van der Waals surface area contributed by atoms with Crippen molar-refractivity contribution in [3.05, 3.63) is 54.1 Å². The van der Waals surface area contributed by atoms with E-state index in [1.807, 2.05) is 24.3 Å². The maximum absolute atomic E-state index is 11.8. The maximum atomic E-state index is 11.8. The van der Waals surface area contributed by atoms with Crippen LogP contribution >= 0.6 is 0 Å². The molecule has 0 bridgehead atoms. The first kappa shape index (κ1) is 16.1. The monoisotopic (exact) mass is 325 g/mol. The summed E-state index contributed by atoms with van der Waals surface area (Å²) in [5.74, 6) is 0.995. The maximum Gasteiger partial charge on any atom is 0.341 e. The van der Waals surface area contributed by atoms with E-state index in [9.17, 15) is 9.59 Å². The van der Waals surface area contributed by atoms with E-state index < -0.39 is 5.97 Å². The molecule has 0 unspecified atom stereocenters. The molecule has 0 aromatic heterocycles. The minimum atomic E-state index is -0.430. The molecule has 24 heavy (non-hydrogen) atoms. The number of ether oxygens (including phenoxy) is 2. The molecule has 0 aliphatic carbocycles. The molecular weight excluding hydrogens is 306 g/mol. The number of piperidine rings is 1. The van der Waals surface area contributed by atoms with Crippen molar-refractivity contribution in [2.45, 2.75) is 12.8 Å². The Morgan fingerprint density at radius 2 is 1.67 bits per heavy atom. The molecule has 2 aromatic rings. The molecule has 0 amide bonds. The Bertz CT molecular complexity index is 729. The molecule has 0 atom stereocenters. The topological polar surface area (TPSA) is 55.8 Å². The molecule has 0 radical (unpaired) electrons. The third kappa shape index (κ3) is 3.56. The largest absolute Gasteiger partial charge is 0.465 e. The number of hydrogen-bond donors (Lipinski definition) is 0. The minimum absolute atomic E-state index is 0.325. The number of anilines is 1. The molecule has 1 saturated heterocycles. The summed E-state index contributed by atoms with van der Waals surface area (Å²) >= 11 is 0. The number of rotatable bonds is 4. The second-order valence-corrected chi connectivity index (χ2v) is 5.61. The van der Waals surface area contributed by atoms with E-state index in [0.29, 0.717) is 35.7 Å². The molecule has 5 heteroatoms. The van der Waals surface area contributed by atoms with Crippen molar-refractivity contribution in [1.29, 1.82) is 0 Å². The van der Waals surface area contributed by atoms with E-state index in [4.69, 9.17) is 9.47 Å². The van der Waals surface area contributed by atoms with Crippen molar-refractivity contribution in [3.8, 4) is 11.5 Å². The van der Waals surface area contributed by atoms with Crippen LogP contribution < -0.4 is 9.64 Å². The third-order valence-electron chi connectivity index (χ3n) is 4.04. The van der Waals surface area contributed by atoms with Crippen LogP contribution in [0.15, 0.2) is 48.5 Å². The lowest BCUT2D eigenvalue weighted by Crippen LogP contribution is -2.33. The molecule has 1 heterocycles. The molecule has 0 saturated carbocycles. The Hall–Kier alpha value is -2.82. The van der Waals surface area contributed by atoms with E-state index in [1.165, 1.54) is 7.11 Å². The normalized spacial score (nSPS) is 14.4. The Kier molecular flexibility index (Phi) is 4.79. The zero-order chi connectivity index (χ0) is 16.9. The Morgan fingerprint density at radius 3 is 2.33 bits per heavy atom. The predicted octanol–water partition coefficient (Wildman–Crippen LogP) is 3.43. The van der Waals surface area contributed by atoms with Gasteiger partial charge < -0.3 is 14.4 Å². The second-order valence-electron chi connectivity index (χ2n) is 5.61. The molecule has 5 nitrogen and oxygen atoms in total. The van der Waals surface area contributed by atoms with Crippen LogP contribution in [0.3, 0.4) is 0 Å². The van der Waals surface area contributed by atoms with Crippen LogP contribution in [0.1, 0.15) is 23.2 Å². The van der Waals surface area contributed by atoms with Gasteiger partial charge in [0.05, 0.1) is 7.11 Å². The number of esters is 1. The summed E-state index contributed by atoms with van der Waals surface area (Å²) in [6.45, 7) is 1.51. The van der Waals surface area contributed by atoms with Gasteiger partial charge in [0.15, 0.2) is 0 Å². The molecule has 124 valence electrons. The predicted molar refractivity (Wildman–Crippen MR) is 90.8 cm³/mol. The first-order chi connectivity index (χ1) is 11.7. The first-order valence-electron chi connectivity index (χ1n) is 7.89. The van der Waals surface area contributed by atoms with E-state index in [-0.39, 0.29) is 0 Å². The van der Waals surface area contributed by atoms with Gasteiger partial charge in [0.2, 0.25) is 0 Å². The highest BCUT2D eigenvalue weighted by atomic mass is 16.5. The van der Waals surface area contributed by atoms with Crippen LogP contribution in [0, 0.1) is 0 Å². The molecule has 1 aliphatic rings. The van der Waals surface area contributed by atoms with Gasteiger partial charge in [-0.15, -0.1) is 0 Å². The number of carbonyl (C=O) groups excluding carboxylic acids is 2. The number of methoxy groups -OCH3 is 1. The number of Topliss-reactive ketones (excluding diaryl/α,β-unsaturated/α-hetero) is 1.